The number of halogens is 1. The van der Waals surface area contributed by atoms with Gasteiger partial charge in [-0.25, -0.2) is 4.79 Å². The molecular formula is C9H11FN2O5S. The summed E-state index contributed by atoms with van der Waals surface area (Å²) in [7, 11) is 0. The molecule has 100 valence electrons. The van der Waals surface area contributed by atoms with Crippen LogP contribution in [0.15, 0.2) is 15.8 Å². The Hall–Kier alpha value is -1.16. The minimum absolute atomic E-state index is 0.389. The molecule has 0 aliphatic carbocycles. The first-order chi connectivity index (χ1) is 8.45. The van der Waals surface area contributed by atoms with E-state index >= 15 is 0 Å². The molecule has 1 aliphatic heterocycles. The van der Waals surface area contributed by atoms with Gasteiger partial charge in [-0.1, -0.05) is 0 Å². The smallest absolute Gasteiger partial charge is 0.329 e. The summed E-state index contributed by atoms with van der Waals surface area (Å²) in [6.45, 7) is -0.389. The van der Waals surface area contributed by atoms with Crippen molar-refractivity contribution in [2.24, 2.45) is 0 Å². The molecule has 0 saturated carbocycles. The predicted molar refractivity (Wildman–Crippen MR) is 60.8 cm³/mol. The van der Waals surface area contributed by atoms with E-state index < -0.39 is 39.9 Å². The van der Waals surface area contributed by atoms with Gasteiger partial charge >= 0.3 is 5.69 Å². The SMILES string of the molecule is O=c1[nH]c(=O)n([C@@H]2S[C@@H](CO)[C@H](O)[C@@H]2O)cc1F. The van der Waals surface area contributed by atoms with Crippen LogP contribution < -0.4 is 11.2 Å². The number of nitrogens with zero attached hydrogens (tertiary/aromatic N) is 1. The fraction of sp³-hybridized carbons (Fsp3) is 0.556. The summed E-state index contributed by atoms with van der Waals surface area (Å²) in [6.07, 6.45) is -1.89. The van der Waals surface area contributed by atoms with Gasteiger partial charge in [-0.2, -0.15) is 4.39 Å². The van der Waals surface area contributed by atoms with Crippen molar-refractivity contribution in [1.82, 2.24) is 9.55 Å². The van der Waals surface area contributed by atoms with E-state index in [4.69, 9.17) is 5.11 Å². The maximum absolute atomic E-state index is 13.1. The van der Waals surface area contributed by atoms with Gasteiger partial charge in [-0.15, -0.1) is 11.8 Å². The summed E-state index contributed by atoms with van der Waals surface area (Å²) in [4.78, 5) is 24.1. The molecule has 4 atom stereocenters. The van der Waals surface area contributed by atoms with E-state index in [1.165, 1.54) is 0 Å². The Kier molecular flexibility index (Phi) is 3.57. The third kappa shape index (κ3) is 2.09. The highest BCUT2D eigenvalue weighted by Gasteiger charge is 2.43. The van der Waals surface area contributed by atoms with Gasteiger partial charge in [0.2, 0.25) is 5.82 Å². The van der Waals surface area contributed by atoms with E-state index in [0.717, 1.165) is 16.3 Å². The normalized spacial score (nSPS) is 31.8. The molecule has 9 heteroatoms. The highest BCUT2D eigenvalue weighted by atomic mass is 32.2. The molecule has 0 amide bonds. The molecule has 1 saturated heterocycles. The van der Waals surface area contributed by atoms with Gasteiger partial charge in [0.25, 0.3) is 5.56 Å². The summed E-state index contributed by atoms with van der Waals surface area (Å²) >= 11 is 0.933. The first-order valence-corrected chi connectivity index (χ1v) is 6.03. The summed E-state index contributed by atoms with van der Waals surface area (Å²) in [5.41, 5.74) is -2.03. The Labute approximate surface area is 104 Å². The van der Waals surface area contributed by atoms with Crippen LogP contribution in [-0.2, 0) is 0 Å². The molecule has 0 bridgehead atoms. The van der Waals surface area contributed by atoms with Crippen molar-refractivity contribution in [3.8, 4) is 0 Å². The molecule has 1 aromatic heterocycles. The van der Waals surface area contributed by atoms with Crippen molar-refractivity contribution in [3.05, 3.63) is 32.9 Å². The van der Waals surface area contributed by atoms with Gasteiger partial charge in [0.1, 0.15) is 11.5 Å². The number of aliphatic hydroxyl groups excluding tert-OH is 3. The number of aliphatic hydroxyl groups is 3. The van der Waals surface area contributed by atoms with Crippen LogP contribution in [0.5, 0.6) is 0 Å². The zero-order chi connectivity index (χ0) is 13.4. The topological polar surface area (TPSA) is 116 Å². The number of aromatic amines is 1. The van der Waals surface area contributed by atoms with E-state index in [1.807, 2.05) is 0 Å². The molecular weight excluding hydrogens is 267 g/mol. The van der Waals surface area contributed by atoms with Crippen LogP contribution in [0.3, 0.4) is 0 Å². The molecule has 0 aromatic carbocycles. The van der Waals surface area contributed by atoms with Crippen molar-refractivity contribution >= 4 is 11.8 Å². The average molecular weight is 278 g/mol. The standard InChI is InChI=1S/C9H11FN2O5S/c10-3-1-12(9(17)11-7(3)16)8-6(15)5(14)4(2-13)18-8/h1,4-6,8,13-15H,2H2,(H,11,16,17)/t4-,5-,6-,8+/m0/s1. The molecule has 0 radical (unpaired) electrons. The maximum Gasteiger partial charge on any atom is 0.329 e. The molecule has 0 spiro atoms. The van der Waals surface area contributed by atoms with Crippen molar-refractivity contribution in [1.29, 1.82) is 0 Å². The Bertz CT molecular complexity index is 559. The third-order valence-corrected chi connectivity index (χ3v) is 4.28. The van der Waals surface area contributed by atoms with E-state index in [2.05, 4.69) is 0 Å². The van der Waals surface area contributed by atoms with E-state index in [9.17, 15) is 24.2 Å². The maximum atomic E-state index is 13.1. The molecule has 18 heavy (non-hydrogen) atoms. The van der Waals surface area contributed by atoms with Gasteiger partial charge in [-0.3, -0.25) is 14.3 Å². The number of hydrogen-bond donors (Lipinski definition) is 4. The van der Waals surface area contributed by atoms with Crippen LogP contribution in [-0.4, -0.2) is 48.9 Å². The summed E-state index contributed by atoms with van der Waals surface area (Å²) < 4.78 is 13.9. The zero-order valence-electron chi connectivity index (χ0n) is 8.99. The molecule has 1 fully saturated rings. The second-order valence-corrected chi connectivity index (χ2v) is 5.23. The van der Waals surface area contributed by atoms with Crippen LogP contribution in [0.25, 0.3) is 0 Å². The fourth-order valence-electron chi connectivity index (χ4n) is 1.76. The minimum atomic E-state index is -1.34. The molecule has 2 rings (SSSR count). The van der Waals surface area contributed by atoms with Gasteiger partial charge in [-0.05, 0) is 0 Å². The molecule has 2 heterocycles. The molecule has 1 aliphatic rings. The molecule has 4 N–H and O–H groups in total. The Morgan fingerprint density at radius 3 is 2.61 bits per heavy atom. The van der Waals surface area contributed by atoms with Gasteiger partial charge in [0, 0.05) is 0 Å². The van der Waals surface area contributed by atoms with Crippen LogP contribution in [0.4, 0.5) is 4.39 Å². The zero-order valence-corrected chi connectivity index (χ0v) is 9.80. The first kappa shape index (κ1) is 13.3. The second kappa shape index (κ2) is 4.84. The molecule has 0 unspecified atom stereocenters. The largest absolute Gasteiger partial charge is 0.395 e. The van der Waals surface area contributed by atoms with E-state index in [0.29, 0.717) is 6.20 Å². The fourth-order valence-corrected chi connectivity index (χ4v) is 3.14. The van der Waals surface area contributed by atoms with Crippen LogP contribution >= 0.6 is 11.8 Å². The molecule has 7 nitrogen and oxygen atoms in total. The lowest BCUT2D eigenvalue weighted by Gasteiger charge is -2.17. The highest BCUT2D eigenvalue weighted by Crippen LogP contribution is 2.40. The van der Waals surface area contributed by atoms with Crippen molar-refractivity contribution < 1.29 is 19.7 Å². The highest BCUT2D eigenvalue weighted by molar-refractivity contribution is 8.00. The lowest BCUT2D eigenvalue weighted by molar-refractivity contribution is 0.00997. The number of hydrogen-bond acceptors (Lipinski definition) is 6. The Morgan fingerprint density at radius 1 is 1.39 bits per heavy atom. The summed E-state index contributed by atoms with van der Waals surface area (Å²) in [5, 5.41) is 26.7. The number of rotatable bonds is 2. The van der Waals surface area contributed by atoms with Gasteiger partial charge in [0.05, 0.1) is 24.2 Å². The monoisotopic (exact) mass is 278 g/mol. The predicted octanol–water partition coefficient (Wildman–Crippen LogP) is -2.00. The first-order valence-electron chi connectivity index (χ1n) is 5.09. The third-order valence-electron chi connectivity index (χ3n) is 2.72. The summed E-state index contributed by atoms with van der Waals surface area (Å²) in [6, 6.07) is 0. The molecule has 1 aromatic rings. The van der Waals surface area contributed by atoms with Crippen molar-refractivity contribution in [2.45, 2.75) is 22.8 Å². The Morgan fingerprint density at radius 2 is 2.06 bits per heavy atom. The lowest BCUT2D eigenvalue weighted by atomic mass is 10.1. The van der Waals surface area contributed by atoms with Crippen LogP contribution in [0.2, 0.25) is 0 Å². The van der Waals surface area contributed by atoms with E-state index in [-0.39, 0.29) is 6.61 Å². The minimum Gasteiger partial charge on any atom is -0.395 e. The Balaban J connectivity index is 2.42. The van der Waals surface area contributed by atoms with Crippen LogP contribution in [0.1, 0.15) is 5.37 Å². The number of aromatic nitrogens is 2. The van der Waals surface area contributed by atoms with Gasteiger partial charge in [0.15, 0.2) is 0 Å². The number of thioether (sulfide) groups is 1. The van der Waals surface area contributed by atoms with Crippen molar-refractivity contribution in [3.63, 3.8) is 0 Å². The van der Waals surface area contributed by atoms with Gasteiger partial charge < -0.3 is 15.3 Å². The second-order valence-electron chi connectivity index (χ2n) is 3.87. The van der Waals surface area contributed by atoms with Crippen LogP contribution in [0, 0.1) is 5.82 Å². The summed E-state index contributed by atoms with van der Waals surface area (Å²) in [5.74, 6) is -1.16. The number of nitrogens with one attached hydrogen (secondary N) is 1. The average Bonchev–Trinajstić information content (AvgIpc) is 2.61. The quantitative estimate of drug-likeness (QED) is 0.497. The van der Waals surface area contributed by atoms with Crippen molar-refractivity contribution in [2.75, 3.05) is 6.61 Å². The lowest BCUT2D eigenvalue weighted by Crippen LogP contribution is -2.38. The number of H-pyrrole nitrogens is 1. The van der Waals surface area contributed by atoms with E-state index in [1.54, 1.807) is 4.98 Å².